The molecule has 4 aromatic rings. The van der Waals surface area contributed by atoms with E-state index in [1.165, 1.54) is 21.0 Å². The molecule has 0 saturated heterocycles. The van der Waals surface area contributed by atoms with Crippen LogP contribution in [0.5, 0.6) is 0 Å². The normalized spacial score (nSPS) is 11.1. The number of thiazole rings is 1. The fourth-order valence-corrected chi connectivity index (χ4v) is 3.96. The molecule has 0 spiro atoms. The number of hydrogen-bond acceptors (Lipinski definition) is 3. The lowest BCUT2D eigenvalue weighted by Gasteiger charge is -2.09. The molecule has 0 atom stereocenters. The monoisotopic (exact) mass is 322 g/mol. The molecular weight excluding hydrogens is 308 g/mol. The van der Waals surface area contributed by atoms with Crippen molar-refractivity contribution in [3.63, 3.8) is 0 Å². The smallest absolute Gasteiger partial charge is 0.163 e. The third kappa shape index (κ3) is 2.40. The Bertz CT molecular complexity index is 1010. The van der Waals surface area contributed by atoms with E-state index in [9.17, 15) is 0 Å². The molecule has 0 amide bonds. The Morgan fingerprint density at radius 2 is 1.68 bits per heavy atom. The van der Waals surface area contributed by atoms with Gasteiger partial charge in [-0.15, -0.1) is 11.3 Å². The zero-order valence-electron chi connectivity index (χ0n) is 11.8. The Labute approximate surface area is 137 Å². The summed E-state index contributed by atoms with van der Waals surface area (Å²) in [6.07, 6.45) is 0. The van der Waals surface area contributed by atoms with Gasteiger partial charge in [-0.1, -0.05) is 42.5 Å². The average molecular weight is 322 g/mol. The molecule has 1 aromatic heterocycles. The van der Waals surface area contributed by atoms with E-state index in [4.69, 9.17) is 12.2 Å². The molecule has 0 radical (unpaired) electrons. The number of nitrogens with one attached hydrogen (secondary N) is 1. The van der Waals surface area contributed by atoms with E-state index in [-0.39, 0.29) is 0 Å². The molecule has 0 aliphatic heterocycles. The number of hydrogen-bond donors (Lipinski definition) is 1. The van der Waals surface area contributed by atoms with Crippen molar-refractivity contribution in [1.29, 1.82) is 0 Å². The third-order valence-corrected chi connectivity index (χ3v) is 5.19. The van der Waals surface area contributed by atoms with Crippen LogP contribution in [0.3, 0.4) is 0 Å². The lowest BCUT2D eigenvalue weighted by Crippen LogP contribution is -2.07. The van der Waals surface area contributed by atoms with Crippen LogP contribution < -0.4 is 5.32 Å². The number of anilines is 1. The molecule has 108 valence electrons. The Morgan fingerprint density at radius 1 is 0.909 bits per heavy atom. The Balaban J connectivity index is 1.65. The van der Waals surface area contributed by atoms with Gasteiger partial charge in [0.2, 0.25) is 0 Å². The van der Waals surface area contributed by atoms with Crippen molar-refractivity contribution in [2.24, 2.45) is 0 Å². The topological polar surface area (TPSA) is 17.0 Å². The standard InChI is InChI=1S/C18H14N2S2/c21-18-20(16-7-3-4-8-17(16)22-18)12-19-15-10-9-13-5-1-2-6-14(13)11-15/h1-11,19H,12H2. The van der Waals surface area contributed by atoms with Crippen LogP contribution in [0.2, 0.25) is 0 Å². The molecule has 3 aromatic carbocycles. The summed E-state index contributed by atoms with van der Waals surface area (Å²) in [5.74, 6) is 0. The predicted octanol–water partition coefficient (Wildman–Crippen LogP) is 5.66. The molecule has 1 N–H and O–H groups in total. The maximum atomic E-state index is 5.49. The highest BCUT2D eigenvalue weighted by Crippen LogP contribution is 2.23. The van der Waals surface area contributed by atoms with E-state index in [0.717, 1.165) is 9.64 Å². The summed E-state index contributed by atoms with van der Waals surface area (Å²) in [5, 5.41) is 5.97. The van der Waals surface area contributed by atoms with Crippen molar-refractivity contribution in [3.8, 4) is 0 Å². The summed E-state index contributed by atoms with van der Waals surface area (Å²) in [5.41, 5.74) is 2.29. The van der Waals surface area contributed by atoms with Crippen LogP contribution in [0.4, 0.5) is 5.69 Å². The third-order valence-electron chi connectivity index (χ3n) is 3.76. The molecule has 22 heavy (non-hydrogen) atoms. The first-order chi connectivity index (χ1) is 10.8. The van der Waals surface area contributed by atoms with Gasteiger partial charge in [-0.3, -0.25) is 0 Å². The van der Waals surface area contributed by atoms with Crippen molar-refractivity contribution in [3.05, 3.63) is 70.7 Å². The SMILES string of the molecule is S=c1sc2ccccc2n1CNc1ccc2ccccc2c1. The van der Waals surface area contributed by atoms with Gasteiger partial charge in [0.1, 0.15) is 0 Å². The van der Waals surface area contributed by atoms with Gasteiger partial charge in [0, 0.05) is 5.69 Å². The van der Waals surface area contributed by atoms with Gasteiger partial charge in [-0.05, 0) is 47.3 Å². The Hall–Kier alpha value is -2.17. The van der Waals surface area contributed by atoms with Crippen molar-refractivity contribution >= 4 is 50.2 Å². The average Bonchev–Trinajstić information content (AvgIpc) is 2.88. The molecule has 0 aliphatic carbocycles. The number of aromatic nitrogens is 1. The molecule has 0 bridgehead atoms. The van der Waals surface area contributed by atoms with Gasteiger partial charge in [0.05, 0.1) is 16.9 Å². The Morgan fingerprint density at radius 3 is 2.59 bits per heavy atom. The zero-order valence-corrected chi connectivity index (χ0v) is 13.5. The van der Waals surface area contributed by atoms with E-state index in [0.29, 0.717) is 6.67 Å². The minimum atomic E-state index is 0.682. The number of benzene rings is 3. The van der Waals surface area contributed by atoms with Crippen LogP contribution in [-0.4, -0.2) is 4.57 Å². The summed E-state index contributed by atoms with van der Waals surface area (Å²) < 4.78 is 4.27. The summed E-state index contributed by atoms with van der Waals surface area (Å²) in [6.45, 7) is 0.682. The minimum Gasteiger partial charge on any atom is -0.367 e. The predicted molar refractivity (Wildman–Crippen MR) is 98.2 cm³/mol. The summed E-state index contributed by atoms with van der Waals surface area (Å²) in [6, 6.07) is 23.1. The van der Waals surface area contributed by atoms with E-state index in [1.807, 2.05) is 0 Å². The zero-order chi connectivity index (χ0) is 14.9. The van der Waals surface area contributed by atoms with Gasteiger partial charge in [-0.25, -0.2) is 0 Å². The summed E-state index contributed by atoms with van der Waals surface area (Å²) in [4.78, 5) is 0. The van der Waals surface area contributed by atoms with E-state index in [1.54, 1.807) is 11.3 Å². The molecule has 1 heterocycles. The Kier molecular flexibility index (Phi) is 3.41. The van der Waals surface area contributed by atoms with Crippen LogP contribution in [0.15, 0.2) is 66.7 Å². The van der Waals surface area contributed by atoms with Gasteiger partial charge in [0.15, 0.2) is 3.95 Å². The lowest BCUT2D eigenvalue weighted by molar-refractivity contribution is 0.808. The first kappa shape index (κ1) is 13.5. The highest BCUT2D eigenvalue weighted by molar-refractivity contribution is 7.73. The van der Waals surface area contributed by atoms with Crippen molar-refractivity contribution < 1.29 is 0 Å². The molecule has 0 unspecified atom stereocenters. The second-order valence-electron chi connectivity index (χ2n) is 5.16. The van der Waals surface area contributed by atoms with Crippen LogP contribution in [0.25, 0.3) is 21.0 Å². The highest BCUT2D eigenvalue weighted by Gasteiger charge is 2.04. The van der Waals surface area contributed by atoms with Gasteiger partial charge in [-0.2, -0.15) is 0 Å². The van der Waals surface area contributed by atoms with E-state index < -0.39 is 0 Å². The maximum Gasteiger partial charge on any atom is 0.163 e. The molecule has 4 heteroatoms. The van der Waals surface area contributed by atoms with Crippen LogP contribution >= 0.6 is 23.6 Å². The van der Waals surface area contributed by atoms with Gasteiger partial charge in [0.25, 0.3) is 0 Å². The van der Waals surface area contributed by atoms with Crippen LogP contribution in [0.1, 0.15) is 0 Å². The summed E-state index contributed by atoms with van der Waals surface area (Å²) in [7, 11) is 0. The number of fused-ring (bicyclic) bond motifs is 2. The molecular formula is C18H14N2S2. The van der Waals surface area contributed by atoms with E-state index >= 15 is 0 Å². The van der Waals surface area contributed by atoms with Crippen molar-refractivity contribution in [1.82, 2.24) is 4.57 Å². The van der Waals surface area contributed by atoms with Crippen molar-refractivity contribution in [2.75, 3.05) is 5.32 Å². The molecule has 0 aliphatic rings. The lowest BCUT2D eigenvalue weighted by atomic mass is 10.1. The van der Waals surface area contributed by atoms with Crippen LogP contribution in [-0.2, 0) is 6.67 Å². The molecule has 0 saturated carbocycles. The number of nitrogens with zero attached hydrogens (tertiary/aromatic N) is 1. The second-order valence-corrected chi connectivity index (χ2v) is 6.84. The highest BCUT2D eigenvalue weighted by atomic mass is 32.1. The second kappa shape index (κ2) is 5.55. The molecule has 0 fully saturated rings. The first-order valence-electron chi connectivity index (χ1n) is 7.12. The van der Waals surface area contributed by atoms with E-state index in [2.05, 4.69) is 76.6 Å². The molecule has 4 rings (SSSR count). The number of para-hydroxylation sites is 1. The summed E-state index contributed by atoms with van der Waals surface area (Å²) >= 11 is 7.14. The fourth-order valence-electron chi connectivity index (χ4n) is 2.63. The maximum absolute atomic E-state index is 5.49. The van der Waals surface area contributed by atoms with Crippen LogP contribution in [0, 0.1) is 3.95 Å². The van der Waals surface area contributed by atoms with Gasteiger partial charge < -0.3 is 9.88 Å². The van der Waals surface area contributed by atoms with Gasteiger partial charge >= 0.3 is 0 Å². The fraction of sp³-hybridized carbons (Fsp3) is 0.0556. The number of rotatable bonds is 3. The van der Waals surface area contributed by atoms with Crippen molar-refractivity contribution in [2.45, 2.75) is 6.67 Å². The largest absolute Gasteiger partial charge is 0.367 e. The minimum absolute atomic E-state index is 0.682. The quantitative estimate of drug-likeness (QED) is 0.490. The molecule has 2 nitrogen and oxygen atoms in total. The first-order valence-corrected chi connectivity index (χ1v) is 8.35.